The highest BCUT2D eigenvalue weighted by atomic mass is 79.9. The Morgan fingerprint density at radius 2 is 2.11 bits per heavy atom. The summed E-state index contributed by atoms with van der Waals surface area (Å²) in [7, 11) is -3.11. The highest BCUT2D eigenvalue weighted by molar-refractivity contribution is 9.10. The molecule has 0 bridgehead atoms. The lowest BCUT2D eigenvalue weighted by Gasteiger charge is -2.22. The number of pyridine rings is 1. The number of rotatable bonds is 3. The van der Waals surface area contributed by atoms with Crippen molar-refractivity contribution in [3.8, 4) is 0 Å². The van der Waals surface area contributed by atoms with Crippen molar-refractivity contribution in [2.24, 2.45) is 0 Å². The molecule has 1 saturated heterocycles. The van der Waals surface area contributed by atoms with Crippen LogP contribution in [0.4, 0.5) is 0 Å². The first-order chi connectivity index (χ1) is 8.49. The summed E-state index contributed by atoms with van der Waals surface area (Å²) in [6.45, 7) is 2.99. The zero-order valence-corrected chi connectivity index (χ0v) is 12.6. The number of aromatic nitrogens is 1. The van der Waals surface area contributed by atoms with E-state index < -0.39 is 9.84 Å². The van der Waals surface area contributed by atoms with Gasteiger partial charge < -0.3 is 4.74 Å². The quantitative estimate of drug-likeness (QED) is 0.796. The first-order valence-corrected chi connectivity index (χ1v) is 8.40. The molecule has 0 aromatic carbocycles. The molecule has 6 heteroatoms. The number of halogens is 1. The third-order valence-corrected chi connectivity index (χ3v) is 5.85. The van der Waals surface area contributed by atoms with E-state index in [0.29, 0.717) is 26.1 Å². The summed E-state index contributed by atoms with van der Waals surface area (Å²) in [6, 6.07) is 1.84. The molecule has 2 heterocycles. The minimum Gasteiger partial charge on any atom is -0.381 e. The summed E-state index contributed by atoms with van der Waals surface area (Å²) in [5, 5.41) is -0.269. The van der Waals surface area contributed by atoms with Crippen LogP contribution in [0.1, 0.15) is 24.0 Å². The molecule has 2 rings (SSSR count). The Kier molecular flexibility index (Phi) is 4.40. The standard InChI is InChI=1S/C12H16BrNO3S/c1-9-6-12(13)14-7-10(9)8-18(15,16)11-2-4-17-5-3-11/h6-7,11H,2-5,8H2,1H3. The summed E-state index contributed by atoms with van der Waals surface area (Å²) < 4.78 is 30.5. The molecule has 0 radical (unpaired) electrons. The maximum atomic E-state index is 12.3. The van der Waals surface area contributed by atoms with E-state index in [-0.39, 0.29) is 11.0 Å². The number of aryl methyl sites for hydroxylation is 1. The second-order valence-corrected chi connectivity index (χ2v) is 7.65. The van der Waals surface area contributed by atoms with Crippen molar-refractivity contribution in [1.29, 1.82) is 0 Å². The molecule has 1 fully saturated rings. The summed E-state index contributed by atoms with van der Waals surface area (Å²) in [4.78, 5) is 4.10. The molecule has 1 aliphatic rings. The van der Waals surface area contributed by atoms with Crippen LogP contribution < -0.4 is 0 Å². The van der Waals surface area contributed by atoms with Crippen LogP contribution in [0, 0.1) is 6.92 Å². The second kappa shape index (κ2) is 5.67. The SMILES string of the molecule is Cc1cc(Br)ncc1CS(=O)(=O)C1CCOCC1. The largest absolute Gasteiger partial charge is 0.381 e. The Hall–Kier alpha value is -0.460. The first kappa shape index (κ1) is 14.0. The van der Waals surface area contributed by atoms with Crippen LogP contribution in [0.2, 0.25) is 0 Å². The average Bonchev–Trinajstić information content (AvgIpc) is 2.34. The monoisotopic (exact) mass is 333 g/mol. The van der Waals surface area contributed by atoms with E-state index in [2.05, 4.69) is 20.9 Å². The Morgan fingerprint density at radius 1 is 1.44 bits per heavy atom. The van der Waals surface area contributed by atoms with E-state index in [1.807, 2.05) is 13.0 Å². The Labute approximate surface area is 116 Å². The van der Waals surface area contributed by atoms with E-state index >= 15 is 0 Å². The maximum absolute atomic E-state index is 12.3. The van der Waals surface area contributed by atoms with Gasteiger partial charge in [-0.2, -0.15) is 0 Å². The van der Waals surface area contributed by atoms with Crippen molar-refractivity contribution in [3.63, 3.8) is 0 Å². The Bertz CT molecular complexity index is 524. The fourth-order valence-corrected chi connectivity index (χ4v) is 4.40. The van der Waals surface area contributed by atoms with E-state index in [4.69, 9.17) is 4.74 Å². The zero-order chi connectivity index (χ0) is 13.2. The molecule has 0 spiro atoms. The summed E-state index contributed by atoms with van der Waals surface area (Å²) in [6.07, 6.45) is 2.84. The van der Waals surface area contributed by atoms with Crippen LogP contribution in [0.25, 0.3) is 0 Å². The van der Waals surface area contributed by atoms with Gasteiger partial charge in [-0.1, -0.05) is 0 Å². The van der Waals surface area contributed by atoms with Crippen molar-refractivity contribution in [2.75, 3.05) is 13.2 Å². The summed E-state index contributed by atoms with van der Waals surface area (Å²) in [5.41, 5.74) is 1.73. The van der Waals surface area contributed by atoms with E-state index in [1.165, 1.54) is 0 Å². The molecular formula is C12H16BrNO3S. The van der Waals surface area contributed by atoms with Crippen LogP contribution >= 0.6 is 15.9 Å². The number of sulfone groups is 1. The third kappa shape index (κ3) is 3.30. The Balaban J connectivity index is 2.16. The fraction of sp³-hybridized carbons (Fsp3) is 0.583. The van der Waals surface area contributed by atoms with Crippen LogP contribution in [-0.4, -0.2) is 31.9 Å². The molecule has 18 heavy (non-hydrogen) atoms. The smallest absolute Gasteiger partial charge is 0.157 e. The summed E-state index contributed by atoms with van der Waals surface area (Å²) >= 11 is 3.28. The van der Waals surface area contributed by atoms with E-state index in [9.17, 15) is 8.42 Å². The molecule has 0 N–H and O–H groups in total. The molecule has 0 saturated carbocycles. The van der Waals surface area contributed by atoms with E-state index in [0.717, 1.165) is 15.7 Å². The van der Waals surface area contributed by atoms with Gasteiger partial charge >= 0.3 is 0 Å². The molecule has 1 aromatic rings. The molecule has 100 valence electrons. The van der Waals surface area contributed by atoms with Gasteiger partial charge in [0.15, 0.2) is 9.84 Å². The van der Waals surface area contributed by atoms with Gasteiger partial charge in [-0.05, 0) is 52.9 Å². The minimum atomic E-state index is -3.11. The van der Waals surface area contributed by atoms with Crippen LogP contribution in [0.5, 0.6) is 0 Å². The van der Waals surface area contributed by atoms with Crippen molar-refractivity contribution < 1.29 is 13.2 Å². The van der Waals surface area contributed by atoms with Gasteiger partial charge in [-0.3, -0.25) is 0 Å². The van der Waals surface area contributed by atoms with Crippen molar-refractivity contribution in [1.82, 2.24) is 4.98 Å². The fourth-order valence-electron chi connectivity index (χ4n) is 2.07. The second-order valence-electron chi connectivity index (χ2n) is 4.55. The van der Waals surface area contributed by atoms with Crippen molar-refractivity contribution >= 4 is 25.8 Å². The predicted octanol–water partition coefficient (Wildman–Crippen LogP) is 2.25. The Morgan fingerprint density at radius 3 is 2.72 bits per heavy atom. The molecule has 1 aliphatic heterocycles. The average molecular weight is 334 g/mol. The van der Waals surface area contributed by atoms with Gasteiger partial charge in [0.1, 0.15) is 4.60 Å². The van der Waals surface area contributed by atoms with Crippen LogP contribution in [-0.2, 0) is 20.3 Å². The van der Waals surface area contributed by atoms with Crippen molar-refractivity contribution in [2.45, 2.75) is 30.8 Å². The van der Waals surface area contributed by atoms with Gasteiger partial charge in [0.25, 0.3) is 0 Å². The lowest BCUT2D eigenvalue weighted by Crippen LogP contribution is -2.30. The van der Waals surface area contributed by atoms with Gasteiger partial charge in [0, 0.05) is 19.4 Å². The van der Waals surface area contributed by atoms with Gasteiger partial charge in [0.2, 0.25) is 0 Å². The van der Waals surface area contributed by atoms with Gasteiger partial charge in [-0.15, -0.1) is 0 Å². The van der Waals surface area contributed by atoms with E-state index in [1.54, 1.807) is 6.20 Å². The minimum absolute atomic E-state index is 0.0732. The van der Waals surface area contributed by atoms with Gasteiger partial charge in [0.05, 0.1) is 11.0 Å². The highest BCUT2D eigenvalue weighted by Crippen LogP contribution is 2.22. The van der Waals surface area contributed by atoms with Crippen LogP contribution in [0.3, 0.4) is 0 Å². The lowest BCUT2D eigenvalue weighted by molar-refractivity contribution is 0.0983. The number of ether oxygens (including phenoxy) is 1. The molecule has 0 amide bonds. The molecule has 4 nitrogen and oxygen atoms in total. The third-order valence-electron chi connectivity index (χ3n) is 3.22. The number of hydrogen-bond donors (Lipinski definition) is 0. The summed E-state index contributed by atoms with van der Waals surface area (Å²) in [5.74, 6) is 0.0732. The molecule has 0 atom stereocenters. The number of hydrogen-bond acceptors (Lipinski definition) is 4. The maximum Gasteiger partial charge on any atom is 0.157 e. The molecule has 0 unspecified atom stereocenters. The normalized spacial score (nSPS) is 17.9. The lowest BCUT2D eigenvalue weighted by atomic mass is 10.2. The van der Waals surface area contributed by atoms with Crippen molar-refractivity contribution in [3.05, 3.63) is 28.0 Å². The molecule has 1 aromatic heterocycles. The topological polar surface area (TPSA) is 56.3 Å². The highest BCUT2D eigenvalue weighted by Gasteiger charge is 2.28. The zero-order valence-electron chi connectivity index (χ0n) is 10.2. The molecular weight excluding hydrogens is 318 g/mol. The molecule has 0 aliphatic carbocycles. The van der Waals surface area contributed by atoms with Gasteiger partial charge in [-0.25, -0.2) is 13.4 Å². The predicted molar refractivity (Wildman–Crippen MR) is 73.1 cm³/mol. The number of nitrogens with zero attached hydrogens (tertiary/aromatic N) is 1. The first-order valence-electron chi connectivity index (χ1n) is 5.89. The van der Waals surface area contributed by atoms with Crippen LogP contribution in [0.15, 0.2) is 16.9 Å².